The molecule has 8 nitrogen and oxygen atoms in total. The number of fused-ring (bicyclic) bond motifs is 1. The highest BCUT2D eigenvalue weighted by Crippen LogP contribution is 2.37. The van der Waals surface area contributed by atoms with Gasteiger partial charge in [-0.15, -0.1) is 0 Å². The number of primary amides is 1. The van der Waals surface area contributed by atoms with Crippen molar-refractivity contribution >= 4 is 32.7 Å². The van der Waals surface area contributed by atoms with Gasteiger partial charge in [0.15, 0.2) is 0 Å². The van der Waals surface area contributed by atoms with Gasteiger partial charge in [0.25, 0.3) is 5.91 Å². The van der Waals surface area contributed by atoms with Crippen LogP contribution in [0.25, 0.3) is 22.0 Å². The van der Waals surface area contributed by atoms with Crippen molar-refractivity contribution in [3.8, 4) is 11.1 Å². The van der Waals surface area contributed by atoms with Gasteiger partial charge in [-0.1, -0.05) is 31.0 Å². The molecule has 0 bridgehead atoms. The molecule has 0 unspecified atom stereocenters. The zero-order valence-electron chi connectivity index (χ0n) is 22.5. The van der Waals surface area contributed by atoms with Crippen LogP contribution in [0.1, 0.15) is 79.3 Å². The van der Waals surface area contributed by atoms with E-state index < -0.39 is 15.9 Å². The number of carbonyl (C=O) groups is 2. The lowest BCUT2D eigenvalue weighted by atomic mass is 9.88. The van der Waals surface area contributed by atoms with Crippen molar-refractivity contribution in [2.24, 2.45) is 11.7 Å². The lowest BCUT2D eigenvalue weighted by molar-refractivity contribution is -0.122. The maximum atomic E-state index is 12.4. The number of piperidine rings is 1. The molecule has 1 saturated carbocycles. The molecule has 1 aliphatic heterocycles. The van der Waals surface area contributed by atoms with Gasteiger partial charge in [-0.2, -0.15) is 0 Å². The molecule has 0 spiro atoms. The zero-order valence-corrected chi connectivity index (χ0v) is 23.4. The number of sulfonamides is 1. The number of nitrogens with one attached hydrogen (secondary N) is 2. The van der Waals surface area contributed by atoms with E-state index in [0.29, 0.717) is 43.1 Å². The normalized spacial score (nSPS) is 17.6. The maximum absolute atomic E-state index is 12.4. The Bertz CT molecular complexity index is 1470. The van der Waals surface area contributed by atoms with Gasteiger partial charge in [-0.05, 0) is 84.9 Å². The summed E-state index contributed by atoms with van der Waals surface area (Å²) in [4.78, 5) is 28.1. The van der Waals surface area contributed by atoms with E-state index in [0.717, 1.165) is 53.3 Å². The molecule has 2 aliphatic rings. The smallest absolute Gasteiger partial charge is 0.250 e. The molecule has 5 rings (SSSR count). The number of amides is 2. The number of hydrogen-bond donors (Lipinski definition) is 3. The van der Waals surface area contributed by atoms with Crippen LogP contribution in [0.4, 0.5) is 0 Å². The van der Waals surface area contributed by atoms with Crippen LogP contribution in [0.2, 0.25) is 0 Å². The Kier molecular flexibility index (Phi) is 8.09. The van der Waals surface area contributed by atoms with Crippen LogP contribution in [0.15, 0.2) is 42.6 Å². The minimum Gasteiger partial charge on any atom is -0.366 e. The second-order valence-electron chi connectivity index (χ2n) is 11.0. The second-order valence-corrected chi connectivity index (χ2v) is 13.2. The molecule has 1 aliphatic carbocycles. The Hall–Kier alpha value is -3.17. The first kappa shape index (κ1) is 27.4. The number of hydrogen-bond acceptors (Lipinski definition) is 4. The molecule has 0 radical (unpaired) electrons. The number of carbonyl (C=O) groups excluding carboxylic acids is 2. The van der Waals surface area contributed by atoms with Crippen LogP contribution < -0.4 is 11.1 Å². The molecule has 2 fully saturated rings. The Morgan fingerprint density at radius 1 is 1.05 bits per heavy atom. The van der Waals surface area contributed by atoms with Crippen molar-refractivity contribution in [1.82, 2.24) is 14.6 Å². The van der Waals surface area contributed by atoms with Crippen molar-refractivity contribution < 1.29 is 18.0 Å². The molecular weight excluding hydrogens is 512 g/mol. The Morgan fingerprint density at radius 3 is 2.49 bits per heavy atom. The van der Waals surface area contributed by atoms with Gasteiger partial charge in [0, 0.05) is 37.6 Å². The van der Waals surface area contributed by atoms with E-state index in [9.17, 15) is 18.0 Å². The Morgan fingerprint density at radius 2 is 1.79 bits per heavy atom. The summed E-state index contributed by atoms with van der Waals surface area (Å²) < 4.78 is 26.2. The highest BCUT2D eigenvalue weighted by atomic mass is 32.2. The largest absolute Gasteiger partial charge is 0.366 e. The molecule has 9 heteroatoms. The van der Waals surface area contributed by atoms with Crippen LogP contribution in [0, 0.1) is 5.92 Å². The van der Waals surface area contributed by atoms with Crippen molar-refractivity contribution in [3.63, 3.8) is 0 Å². The van der Waals surface area contributed by atoms with E-state index in [1.807, 2.05) is 36.5 Å². The quantitative estimate of drug-likeness (QED) is 0.358. The van der Waals surface area contributed by atoms with Crippen molar-refractivity contribution in [3.05, 3.63) is 59.3 Å². The molecule has 1 saturated heterocycles. The number of rotatable bonds is 9. The predicted octanol–water partition coefficient (Wildman–Crippen LogP) is 4.66. The fourth-order valence-electron chi connectivity index (χ4n) is 6.19. The number of aromatic nitrogens is 1. The van der Waals surface area contributed by atoms with Crippen molar-refractivity contribution in [2.45, 2.75) is 64.3 Å². The van der Waals surface area contributed by atoms with E-state index in [1.165, 1.54) is 12.8 Å². The molecular formula is C30H38N4O4S. The van der Waals surface area contributed by atoms with Gasteiger partial charge in [-0.25, -0.2) is 12.7 Å². The van der Waals surface area contributed by atoms with Gasteiger partial charge >= 0.3 is 0 Å². The zero-order chi connectivity index (χ0) is 27.6. The van der Waals surface area contributed by atoms with Gasteiger partial charge in [0.2, 0.25) is 15.9 Å². The minimum absolute atomic E-state index is 0.0967. The number of H-pyrrole nitrogens is 1. The Labute approximate surface area is 230 Å². The molecule has 2 amide bonds. The van der Waals surface area contributed by atoms with E-state index in [-0.39, 0.29) is 17.6 Å². The first-order chi connectivity index (χ1) is 18.7. The third kappa shape index (κ3) is 6.04. The van der Waals surface area contributed by atoms with Crippen LogP contribution in [-0.4, -0.2) is 48.4 Å². The van der Waals surface area contributed by atoms with Crippen molar-refractivity contribution in [2.75, 3.05) is 18.8 Å². The van der Waals surface area contributed by atoms with E-state index in [4.69, 9.17) is 5.73 Å². The van der Waals surface area contributed by atoms with Crippen LogP contribution in [0.3, 0.4) is 0 Å². The number of nitrogens with two attached hydrogens (primary N) is 1. The molecule has 2 aromatic carbocycles. The fourth-order valence-corrected chi connectivity index (χ4v) is 7.32. The number of benzene rings is 2. The molecule has 208 valence electrons. The van der Waals surface area contributed by atoms with Crippen LogP contribution in [-0.2, 0) is 21.4 Å². The SMILES string of the molecule is CCS(=O)(=O)N1CCC(c2c[nH]c3c(C(N)=O)cc(-c4cccc(CNC(=O)CC5CCCC5)c4)cc23)CC1. The lowest BCUT2D eigenvalue weighted by Crippen LogP contribution is -2.38. The summed E-state index contributed by atoms with van der Waals surface area (Å²) in [6.45, 7) is 3.11. The highest BCUT2D eigenvalue weighted by molar-refractivity contribution is 7.89. The summed E-state index contributed by atoms with van der Waals surface area (Å²) in [7, 11) is -3.20. The third-order valence-corrected chi connectivity index (χ3v) is 10.3. The summed E-state index contributed by atoms with van der Waals surface area (Å²) in [5, 5.41) is 4.00. The van der Waals surface area contributed by atoms with Gasteiger partial charge < -0.3 is 16.0 Å². The fraction of sp³-hybridized carbons (Fsp3) is 0.467. The summed E-state index contributed by atoms with van der Waals surface area (Å²) in [6.07, 6.45) is 8.71. The first-order valence-corrected chi connectivity index (χ1v) is 15.6. The summed E-state index contributed by atoms with van der Waals surface area (Å²) in [6, 6.07) is 11.9. The third-order valence-electron chi connectivity index (χ3n) is 8.44. The molecule has 39 heavy (non-hydrogen) atoms. The summed E-state index contributed by atoms with van der Waals surface area (Å²) >= 11 is 0. The average molecular weight is 551 g/mol. The maximum Gasteiger partial charge on any atom is 0.250 e. The molecule has 4 N–H and O–H groups in total. The van der Waals surface area contributed by atoms with Gasteiger partial charge in [0.1, 0.15) is 0 Å². The Balaban J connectivity index is 1.38. The lowest BCUT2D eigenvalue weighted by Gasteiger charge is -2.31. The van der Waals surface area contributed by atoms with Crippen LogP contribution in [0.5, 0.6) is 0 Å². The van der Waals surface area contributed by atoms with Gasteiger partial charge in [-0.3, -0.25) is 9.59 Å². The van der Waals surface area contributed by atoms with E-state index in [2.05, 4.69) is 16.4 Å². The summed E-state index contributed by atoms with van der Waals surface area (Å²) in [5.41, 5.74) is 10.8. The van der Waals surface area contributed by atoms with E-state index in [1.54, 1.807) is 11.2 Å². The average Bonchev–Trinajstić information content (AvgIpc) is 3.61. The minimum atomic E-state index is -3.20. The molecule has 1 aromatic heterocycles. The molecule has 0 atom stereocenters. The standard InChI is InChI=1S/C30H38N4O4S/c1-2-39(37,38)34-12-10-22(11-13-34)27-19-33-29-25(27)16-24(17-26(29)30(31)36)23-9-5-8-21(14-23)18-32-28(35)15-20-6-3-4-7-20/h5,8-9,14,16-17,19-20,22,33H,2-4,6-7,10-13,15,18H2,1H3,(H2,31,36)(H,32,35). The number of nitrogens with zero attached hydrogens (tertiary/aromatic N) is 1. The number of aromatic amines is 1. The predicted molar refractivity (Wildman–Crippen MR) is 154 cm³/mol. The topological polar surface area (TPSA) is 125 Å². The van der Waals surface area contributed by atoms with Crippen LogP contribution >= 0.6 is 0 Å². The first-order valence-electron chi connectivity index (χ1n) is 14.0. The van der Waals surface area contributed by atoms with Gasteiger partial charge in [0.05, 0.1) is 16.8 Å². The highest BCUT2D eigenvalue weighted by Gasteiger charge is 2.29. The summed E-state index contributed by atoms with van der Waals surface area (Å²) in [5.74, 6) is 0.391. The van der Waals surface area contributed by atoms with Crippen molar-refractivity contribution in [1.29, 1.82) is 0 Å². The monoisotopic (exact) mass is 550 g/mol. The molecule has 3 aromatic rings. The molecule has 2 heterocycles. The van der Waals surface area contributed by atoms with E-state index >= 15 is 0 Å². The second kappa shape index (κ2) is 11.5.